The van der Waals surface area contributed by atoms with Crippen LogP contribution < -0.4 is 20.1 Å². The van der Waals surface area contributed by atoms with Crippen LogP contribution in [0.25, 0.3) is 0 Å². The maximum absolute atomic E-state index is 5.68. The number of hydrogen-bond acceptors (Lipinski definition) is 4. The fraction of sp³-hybridized carbons (Fsp3) is 0.611. The summed E-state index contributed by atoms with van der Waals surface area (Å²) in [6.07, 6.45) is 3.52. The summed E-state index contributed by atoms with van der Waals surface area (Å²) in [4.78, 5) is 4.25. The van der Waals surface area contributed by atoms with Gasteiger partial charge in [0.1, 0.15) is 0 Å². The van der Waals surface area contributed by atoms with Gasteiger partial charge in [-0.15, -0.1) is 0 Å². The summed E-state index contributed by atoms with van der Waals surface area (Å²) in [5.41, 5.74) is 1.11. The highest BCUT2D eigenvalue weighted by atomic mass is 16.5. The Labute approximate surface area is 144 Å². The molecule has 0 aliphatic carbocycles. The van der Waals surface area contributed by atoms with Crippen LogP contribution in [0.15, 0.2) is 23.2 Å². The predicted octanol–water partition coefficient (Wildman–Crippen LogP) is 2.33. The number of hydrogen-bond donors (Lipinski definition) is 2. The minimum absolute atomic E-state index is 0.290. The maximum atomic E-state index is 5.68. The van der Waals surface area contributed by atoms with Crippen LogP contribution in [0.5, 0.6) is 11.5 Å². The molecule has 1 unspecified atom stereocenters. The second kappa shape index (κ2) is 10.0. The molecule has 1 fully saturated rings. The van der Waals surface area contributed by atoms with Crippen molar-refractivity contribution in [2.24, 2.45) is 4.99 Å². The Morgan fingerprint density at radius 3 is 2.88 bits per heavy atom. The molecule has 24 heavy (non-hydrogen) atoms. The Hall–Kier alpha value is -1.95. The zero-order chi connectivity index (χ0) is 17.2. The van der Waals surface area contributed by atoms with Gasteiger partial charge in [0.15, 0.2) is 17.5 Å². The molecule has 1 saturated heterocycles. The number of methoxy groups -OCH3 is 1. The summed E-state index contributed by atoms with van der Waals surface area (Å²) in [6.45, 7) is 5.08. The van der Waals surface area contributed by atoms with Gasteiger partial charge in [0.05, 0.1) is 19.8 Å². The van der Waals surface area contributed by atoms with Gasteiger partial charge in [-0.2, -0.15) is 0 Å². The minimum atomic E-state index is 0.290. The Balaban J connectivity index is 1.85. The van der Waals surface area contributed by atoms with Gasteiger partial charge in [0.25, 0.3) is 0 Å². The van der Waals surface area contributed by atoms with Crippen molar-refractivity contribution in [3.05, 3.63) is 23.8 Å². The molecule has 1 aromatic carbocycles. The van der Waals surface area contributed by atoms with Gasteiger partial charge in [-0.05, 0) is 37.0 Å². The van der Waals surface area contributed by atoms with Gasteiger partial charge in [-0.1, -0.05) is 13.0 Å². The quantitative estimate of drug-likeness (QED) is 0.564. The van der Waals surface area contributed by atoms with Crippen LogP contribution in [0.3, 0.4) is 0 Å². The molecular weight excluding hydrogens is 306 g/mol. The summed E-state index contributed by atoms with van der Waals surface area (Å²) in [6, 6.07) is 5.98. The first-order chi connectivity index (χ1) is 11.8. The molecule has 1 aromatic rings. The molecule has 0 saturated carbocycles. The number of benzene rings is 1. The van der Waals surface area contributed by atoms with Crippen LogP contribution in [0.2, 0.25) is 0 Å². The SMILES string of the molecule is CCCOc1ccc(CNC(=NC)NCC2CCCO2)cc1OC. The topological polar surface area (TPSA) is 64.1 Å². The second-order valence-corrected chi connectivity index (χ2v) is 5.78. The standard InChI is InChI=1S/C18H29N3O3/c1-4-9-24-16-8-7-14(11-17(16)22-3)12-20-18(19-2)21-13-15-6-5-10-23-15/h7-8,11,15H,4-6,9-10,12-13H2,1-3H3,(H2,19,20,21). The highest BCUT2D eigenvalue weighted by Crippen LogP contribution is 2.28. The molecule has 1 aliphatic heterocycles. The molecule has 0 amide bonds. The number of aliphatic imine (C=N–C) groups is 1. The van der Waals surface area contributed by atoms with Crippen molar-refractivity contribution < 1.29 is 14.2 Å². The van der Waals surface area contributed by atoms with Gasteiger partial charge in [0.2, 0.25) is 0 Å². The van der Waals surface area contributed by atoms with Crippen LogP contribution >= 0.6 is 0 Å². The lowest BCUT2D eigenvalue weighted by atomic mass is 10.2. The summed E-state index contributed by atoms with van der Waals surface area (Å²) < 4.78 is 16.7. The third-order valence-electron chi connectivity index (χ3n) is 3.89. The average Bonchev–Trinajstić information content (AvgIpc) is 3.14. The van der Waals surface area contributed by atoms with Gasteiger partial charge in [0, 0.05) is 26.7 Å². The highest BCUT2D eigenvalue weighted by Gasteiger charge is 2.15. The van der Waals surface area contributed by atoms with Crippen molar-refractivity contribution in [2.45, 2.75) is 38.8 Å². The molecule has 2 N–H and O–H groups in total. The van der Waals surface area contributed by atoms with E-state index in [1.165, 1.54) is 0 Å². The monoisotopic (exact) mass is 335 g/mol. The third-order valence-corrected chi connectivity index (χ3v) is 3.89. The lowest BCUT2D eigenvalue weighted by Gasteiger charge is -2.16. The fourth-order valence-corrected chi connectivity index (χ4v) is 2.58. The van der Waals surface area contributed by atoms with Crippen molar-refractivity contribution >= 4 is 5.96 Å². The molecule has 0 radical (unpaired) electrons. The normalized spacial score (nSPS) is 17.6. The molecule has 2 rings (SSSR count). The maximum Gasteiger partial charge on any atom is 0.191 e. The van der Waals surface area contributed by atoms with Crippen LogP contribution in [0, 0.1) is 0 Å². The van der Waals surface area contributed by atoms with E-state index in [0.29, 0.717) is 19.3 Å². The Kier molecular flexibility index (Phi) is 7.68. The molecule has 6 heteroatoms. The largest absolute Gasteiger partial charge is 0.493 e. The number of ether oxygens (including phenoxy) is 3. The van der Waals surface area contributed by atoms with Gasteiger partial charge < -0.3 is 24.8 Å². The molecule has 0 spiro atoms. The molecule has 0 aromatic heterocycles. The van der Waals surface area contributed by atoms with Crippen molar-refractivity contribution in [1.29, 1.82) is 0 Å². The fourth-order valence-electron chi connectivity index (χ4n) is 2.58. The van der Waals surface area contributed by atoms with E-state index >= 15 is 0 Å². The number of nitrogens with zero attached hydrogens (tertiary/aromatic N) is 1. The summed E-state index contributed by atoms with van der Waals surface area (Å²) in [7, 11) is 3.43. The molecule has 0 bridgehead atoms. The van der Waals surface area contributed by atoms with Crippen molar-refractivity contribution in [1.82, 2.24) is 10.6 Å². The number of nitrogens with one attached hydrogen (secondary N) is 2. The van der Waals surface area contributed by atoms with E-state index in [0.717, 1.165) is 55.4 Å². The number of guanidine groups is 1. The van der Waals surface area contributed by atoms with Crippen LogP contribution in [-0.4, -0.2) is 46.0 Å². The van der Waals surface area contributed by atoms with Gasteiger partial charge in [-0.25, -0.2) is 0 Å². The average molecular weight is 335 g/mol. The second-order valence-electron chi connectivity index (χ2n) is 5.78. The first-order valence-corrected chi connectivity index (χ1v) is 8.62. The van der Waals surface area contributed by atoms with Gasteiger partial charge in [-0.3, -0.25) is 4.99 Å². The Morgan fingerprint density at radius 2 is 2.21 bits per heavy atom. The molecule has 134 valence electrons. The summed E-state index contributed by atoms with van der Waals surface area (Å²) >= 11 is 0. The van der Waals surface area contributed by atoms with Crippen LogP contribution in [-0.2, 0) is 11.3 Å². The highest BCUT2D eigenvalue weighted by molar-refractivity contribution is 5.79. The van der Waals surface area contributed by atoms with Gasteiger partial charge >= 0.3 is 0 Å². The Bertz CT molecular complexity index is 528. The predicted molar refractivity (Wildman–Crippen MR) is 96.0 cm³/mol. The van der Waals surface area contributed by atoms with E-state index in [4.69, 9.17) is 14.2 Å². The summed E-state index contributed by atoms with van der Waals surface area (Å²) in [5, 5.41) is 6.62. The summed E-state index contributed by atoms with van der Waals surface area (Å²) in [5.74, 6) is 2.31. The van der Waals surface area contributed by atoms with Crippen molar-refractivity contribution in [3.8, 4) is 11.5 Å². The van der Waals surface area contributed by atoms with E-state index in [2.05, 4.69) is 22.5 Å². The zero-order valence-electron chi connectivity index (χ0n) is 14.9. The molecular formula is C18H29N3O3. The van der Waals surface area contributed by atoms with Crippen molar-refractivity contribution in [3.63, 3.8) is 0 Å². The third kappa shape index (κ3) is 5.60. The van der Waals surface area contributed by atoms with Crippen LogP contribution in [0.1, 0.15) is 31.7 Å². The smallest absolute Gasteiger partial charge is 0.191 e. The van der Waals surface area contributed by atoms with E-state index in [9.17, 15) is 0 Å². The first-order valence-electron chi connectivity index (χ1n) is 8.62. The molecule has 1 aliphatic rings. The van der Waals surface area contributed by atoms with E-state index < -0.39 is 0 Å². The number of rotatable bonds is 8. The van der Waals surface area contributed by atoms with Crippen molar-refractivity contribution in [2.75, 3.05) is 33.9 Å². The Morgan fingerprint density at radius 1 is 1.33 bits per heavy atom. The molecule has 1 atom stereocenters. The minimum Gasteiger partial charge on any atom is -0.493 e. The van der Waals surface area contributed by atoms with E-state index in [1.807, 2.05) is 18.2 Å². The zero-order valence-corrected chi connectivity index (χ0v) is 14.9. The first kappa shape index (κ1) is 18.4. The lowest BCUT2D eigenvalue weighted by Crippen LogP contribution is -2.40. The lowest BCUT2D eigenvalue weighted by molar-refractivity contribution is 0.114. The molecule has 6 nitrogen and oxygen atoms in total. The van der Waals surface area contributed by atoms with E-state index in [-0.39, 0.29) is 0 Å². The van der Waals surface area contributed by atoms with Crippen LogP contribution in [0.4, 0.5) is 0 Å². The van der Waals surface area contributed by atoms with E-state index in [1.54, 1.807) is 14.2 Å². The molecule has 1 heterocycles.